The third-order valence-electron chi connectivity index (χ3n) is 8.77. The first kappa shape index (κ1) is 35.5. The summed E-state index contributed by atoms with van der Waals surface area (Å²) < 4.78 is 0. The van der Waals surface area contributed by atoms with Crippen LogP contribution in [0.5, 0.6) is 5.75 Å². The highest BCUT2D eigenvalue weighted by Gasteiger charge is 2.48. The SMILES string of the molecule is CC(C)[C@H]1CCN(C(=O)[C@@H](NC(=O)N[C@H](C(=O)c2ccc(O)cc2)C(C)C)C(C)(C)C)C1C(=O)NC(CC1CC1)C(=O)C(N)=O. The first-order valence-electron chi connectivity index (χ1n) is 15.8. The highest BCUT2D eigenvalue weighted by Crippen LogP contribution is 2.35. The number of nitrogens with one attached hydrogen (secondary N) is 3. The fourth-order valence-corrected chi connectivity index (χ4v) is 5.91. The summed E-state index contributed by atoms with van der Waals surface area (Å²) in [5, 5.41) is 17.8. The lowest BCUT2D eigenvalue weighted by Gasteiger charge is -2.37. The van der Waals surface area contributed by atoms with Gasteiger partial charge in [-0.05, 0) is 66.2 Å². The van der Waals surface area contributed by atoms with Gasteiger partial charge in [0.2, 0.25) is 17.6 Å². The van der Waals surface area contributed by atoms with Gasteiger partial charge in [0.05, 0.1) is 12.1 Å². The minimum Gasteiger partial charge on any atom is -0.508 e. The summed E-state index contributed by atoms with van der Waals surface area (Å²) in [6.45, 7) is 13.1. The number of ketones is 2. The Hall–Kier alpha value is -3.96. The maximum Gasteiger partial charge on any atom is 0.316 e. The Morgan fingerprint density at radius 2 is 1.53 bits per heavy atom. The number of primary amides is 1. The van der Waals surface area contributed by atoms with Gasteiger partial charge in [0.1, 0.15) is 17.8 Å². The summed E-state index contributed by atoms with van der Waals surface area (Å²) in [6.07, 6.45) is 2.66. The Kier molecular flexibility index (Phi) is 11.4. The van der Waals surface area contributed by atoms with Crippen molar-refractivity contribution in [3.05, 3.63) is 29.8 Å². The molecule has 6 N–H and O–H groups in total. The van der Waals surface area contributed by atoms with Crippen molar-refractivity contribution in [3.63, 3.8) is 0 Å². The molecule has 2 unspecified atom stereocenters. The molecule has 12 nitrogen and oxygen atoms in total. The number of hydrogen-bond donors (Lipinski definition) is 5. The number of urea groups is 1. The molecule has 248 valence electrons. The van der Waals surface area contributed by atoms with Crippen LogP contribution in [0.15, 0.2) is 24.3 Å². The van der Waals surface area contributed by atoms with Crippen molar-refractivity contribution in [2.45, 2.75) is 98.3 Å². The van der Waals surface area contributed by atoms with E-state index in [0.717, 1.165) is 12.8 Å². The lowest BCUT2D eigenvalue weighted by molar-refractivity contribution is -0.144. The zero-order chi connectivity index (χ0) is 33.8. The van der Waals surface area contributed by atoms with Crippen molar-refractivity contribution in [1.29, 1.82) is 0 Å². The van der Waals surface area contributed by atoms with E-state index in [1.165, 1.54) is 29.2 Å². The Balaban J connectivity index is 1.83. The molecule has 1 heterocycles. The Morgan fingerprint density at radius 3 is 2.02 bits per heavy atom. The van der Waals surface area contributed by atoms with Crippen LogP contribution in [0.2, 0.25) is 0 Å². The number of amides is 5. The zero-order valence-corrected chi connectivity index (χ0v) is 27.4. The van der Waals surface area contributed by atoms with Gasteiger partial charge in [-0.3, -0.25) is 24.0 Å². The number of benzene rings is 1. The van der Waals surface area contributed by atoms with Crippen molar-refractivity contribution in [2.24, 2.45) is 34.8 Å². The monoisotopic (exact) mass is 627 g/mol. The molecule has 0 bridgehead atoms. The van der Waals surface area contributed by atoms with Gasteiger partial charge in [-0.15, -0.1) is 0 Å². The Labute approximate surface area is 265 Å². The normalized spacial score (nSPS) is 20.3. The van der Waals surface area contributed by atoms with Gasteiger partial charge >= 0.3 is 6.03 Å². The molecule has 3 rings (SSSR count). The van der Waals surface area contributed by atoms with E-state index in [4.69, 9.17) is 5.73 Å². The van der Waals surface area contributed by atoms with E-state index in [1.54, 1.807) is 34.6 Å². The lowest BCUT2D eigenvalue weighted by Crippen LogP contribution is -2.62. The van der Waals surface area contributed by atoms with Crippen molar-refractivity contribution in [3.8, 4) is 5.75 Å². The molecule has 1 saturated heterocycles. The van der Waals surface area contributed by atoms with Gasteiger partial charge < -0.3 is 31.7 Å². The van der Waals surface area contributed by atoms with Crippen LogP contribution in [0.25, 0.3) is 0 Å². The van der Waals surface area contributed by atoms with Crippen LogP contribution in [0.3, 0.4) is 0 Å². The first-order chi connectivity index (χ1) is 20.9. The van der Waals surface area contributed by atoms with E-state index in [9.17, 15) is 33.9 Å². The number of hydrogen-bond acceptors (Lipinski definition) is 7. The van der Waals surface area contributed by atoms with E-state index in [0.29, 0.717) is 18.4 Å². The average molecular weight is 628 g/mol. The fourth-order valence-electron chi connectivity index (χ4n) is 5.91. The number of phenolic OH excluding ortho intramolecular Hbond substituents is 1. The van der Waals surface area contributed by atoms with Gasteiger partial charge in [-0.1, -0.05) is 61.3 Å². The summed E-state index contributed by atoms with van der Waals surface area (Å²) in [6, 6.07) is 1.06. The molecule has 0 aromatic heterocycles. The second-order valence-electron chi connectivity index (χ2n) is 14.2. The Bertz CT molecular complexity index is 1280. The molecule has 1 aliphatic heterocycles. The van der Waals surface area contributed by atoms with Crippen LogP contribution in [0, 0.1) is 29.1 Å². The predicted molar refractivity (Wildman–Crippen MR) is 168 cm³/mol. The van der Waals surface area contributed by atoms with E-state index >= 15 is 0 Å². The average Bonchev–Trinajstić information content (AvgIpc) is 3.65. The van der Waals surface area contributed by atoms with E-state index in [-0.39, 0.29) is 41.7 Å². The van der Waals surface area contributed by atoms with E-state index in [2.05, 4.69) is 16.0 Å². The van der Waals surface area contributed by atoms with Crippen LogP contribution in [0.1, 0.15) is 84.5 Å². The minimum atomic E-state index is -1.12. The lowest BCUT2D eigenvalue weighted by atomic mass is 9.84. The zero-order valence-electron chi connectivity index (χ0n) is 27.4. The quantitative estimate of drug-likeness (QED) is 0.164. The summed E-state index contributed by atoms with van der Waals surface area (Å²) in [5.41, 5.74) is 4.81. The van der Waals surface area contributed by atoms with Gasteiger partial charge in [-0.25, -0.2) is 4.79 Å². The molecule has 12 heteroatoms. The van der Waals surface area contributed by atoms with Crippen LogP contribution < -0.4 is 21.7 Å². The van der Waals surface area contributed by atoms with Crippen molar-refractivity contribution in [2.75, 3.05) is 6.54 Å². The number of likely N-dealkylation sites (tertiary alicyclic amines) is 1. The number of carbonyl (C=O) groups is 6. The molecule has 0 spiro atoms. The van der Waals surface area contributed by atoms with Crippen LogP contribution in [0.4, 0.5) is 4.79 Å². The topological polar surface area (TPSA) is 188 Å². The highest BCUT2D eigenvalue weighted by molar-refractivity contribution is 6.37. The summed E-state index contributed by atoms with van der Waals surface area (Å²) in [5.74, 6) is -3.57. The Morgan fingerprint density at radius 1 is 0.933 bits per heavy atom. The highest BCUT2D eigenvalue weighted by atomic mass is 16.3. The van der Waals surface area contributed by atoms with E-state index in [1.807, 2.05) is 13.8 Å². The summed E-state index contributed by atoms with van der Waals surface area (Å²) in [7, 11) is 0. The molecule has 5 atom stereocenters. The molecular formula is C33H49N5O7. The van der Waals surface area contributed by atoms with Crippen molar-refractivity contribution >= 4 is 35.3 Å². The molecule has 45 heavy (non-hydrogen) atoms. The summed E-state index contributed by atoms with van der Waals surface area (Å²) in [4.78, 5) is 80.4. The molecule has 1 saturated carbocycles. The van der Waals surface area contributed by atoms with Crippen LogP contribution in [-0.4, -0.2) is 76.0 Å². The van der Waals surface area contributed by atoms with Crippen molar-refractivity contribution in [1.82, 2.24) is 20.9 Å². The molecule has 1 aliphatic carbocycles. The number of nitrogens with zero attached hydrogens (tertiary/aromatic N) is 1. The molecule has 2 aliphatic rings. The number of carbonyl (C=O) groups excluding carboxylic acids is 6. The van der Waals surface area contributed by atoms with Gasteiger partial charge in [0.15, 0.2) is 5.78 Å². The fraction of sp³-hybridized carbons (Fsp3) is 0.636. The van der Waals surface area contributed by atoms with Crippen molar-refractivity contribution < 1.29 is 33.9 Å². The van der Waals surface area contributed by atoms with Gasteiger partial charge in [0, 0.05) is 12.1 Å². The number of nitrogens with two attached hydrogens (primary N) is 1. The molecule has 1 aromatic rings. The molecule has 0 radical (unpaired) electrons. The first-order valence-corrected chi connectivity index (χ1v) is 15.8. The van der Waals surface area contributed by atoms with Crippen LogP contribution >= 0.6 is 0 Å². The second kappa shape index (κ2) is 14.4. The van der Waals surface area contributed by atoms with Gasteiger partial charge in [-0.2, -0.15) is 0 Å². The standard InChI is InChI=1S/C33H49N5O7/c1-17(2)22-14-15-38(25(22)30(43)35-23(16-19-8-9-19)27(41)29(34)42)31(44)28(33(5,6)7)37-32(45)36-24(18(3)4)26(40)20-10-12-21(39)13-11-20/h10-13,17-19,22-25,28,39H,8-9,14-16H2,1-7H3,(H2,34,42)(H,35,43)(H2,36,37,45)/t22-,23?,24+,25?,28-/m1/s1. The smallest absolute Gasteiger partial charge is 0.316 e. The van der Waals surface area contributed by atoms with Crippen LogP contribution in [-0.2, 0) is 19.2 Å². The summed E-state index contributed by atoms with van der Waals surface area (Å²) >= 11 is 0. The maximum atomic E-state index is 14.2. The largest absolute Gasteiger partial charge is 0.508 e. The predicted octanol–water partition coefficient (Wildman–Crippen LogP) is 2.53. The minimum absolute atomic E-state index is 0.0105. The number of phenols is 1. The van der Waals surface area contributed by atoms with E-state index < -0.39 is 59.1 Å². The number of Topliss-reactive ketones (excluding diaryl/α,β-unsaturated/α-hetero) is 2. The second-order valence-corrected chi connectivity index (χ2v) is 14.2. The number of rotatable bonds is 13. The third kappa shape index (κ3) is 9.04. The molecule has 5 amide bonds. The third-order valence-corrected chi connectivity index (χ3v) is 8.77. The molecular weight excluding hydrogens is 578 g/mol. The number of aromatic hydroxyl groups is 1. The van der Waals surface area contributed by atoms with Gasteiger partial charge in [0.25, 0.3) is 5.91 Å². The molecule has 1 aromatic carbocycles. The molecule has 2 fully saturated rings. The maximum absolute atomic E-state index is 14.2.